The summed E-state index contributed by atoms with van der Waals surface area (Å²) >= 11 is 0. The number of piperidine rings is 1. The molecule has 0 saturated carbocycles. The van der Waals surface area contributed by atoms with Gasteiger partial charge in [0.1, 0.15) is 6.04 Å². The van der Waals surface area contributed by atoms with Gasteiger partial charge in [-0.05, 0) is 32.2 Å². The van der Waals surface area contributed by atoms with E-state index in [0.29, 0.717) is 6.04 Å². The van der Waals surface area contributed by atoms with E-state index in [-0.39, 0.29) is 23.7 Å². The van der Waals surface area contributed by atoms with Gasteiger partial charge in [0.2, 0.25) is 5.91 Å². The van der Waals surface area contributed by atoms with Crippen molar-refractivity contribution in [1.82, 2.24) is 10.6 Å². The Morgan fingerprint density at radius 3 is 2.56 bits per heavy atom. The van der Waals surface area contributed by atoms with Crippen molar-refractivity contribution in [2.75, 3.05) is 13.7 Å². The van der Waals surface area contributed by atoms with Crippen LogP contribution in [-0.2, 0) is 14.3 Å². The number of ether oxygens (including phenoxy) is 1. The normalized spacial score (nSPS) is 25.6. The summed E-state index contributed by atoms with van der Waals surface area (Å²) in [7, 11) is 1.34. The summed E-state index contributed by atoms with van der Waals surface area (Å²) in [6, 6.07) is -0.196. The molecule has 0 bridgehead atoms. The van der Waals surface area contributed by atoms with Crippen molar-refractivity contribution in [2.45, 2.75) is 45.7 Å². The summed E-state index contributed by atoms with van der Waals surface area (Å²) in [5.41, 5.74) is 0. The molecule has 1 amide bonds. The van der Waals surface area contributed by atoms with Crippen LogP contribution < -0.4 is 10.6 Å². The van der Waals surface area contributed by atoms with Gasteiger partial charge in [-0.1, -0.05) is 13.8 Å². The van der Waals surface area contributed by atoms with Crippen molar-refractivity contribution in [2.24, 2.45) is 11.8 Å². The van der Waals surface area contributed by atoms with Crippen LogP contribution in [0.15, 0.2) is 0 Å². The second kappa shape index (κ2) is 6.73. The van der Waals surface area contributed by atoms with Crippen LogP contribution in [0.3, 0.4) is 0 Å². The lowest BCUT2D eigenvalue weighted by molar-refractivity contribution is -0.147. The highest BCUT2D eigenvalue weighted by Gasteiger charge is 2.30. The molecule has 1 saturated heterocycles. The van der Waals surface area contributed by atoms with Crippen molar-refractivity contribution >= 4 is 11.9 Å². The summed E-state index contributed by atoms with van der Waals surface area (Å²) in [4.78, 5) is 23.7. The molecule has 0 aromatic carbocycles. The van der Waals surface area contributed by atoms with Gasteiger partial charge >= 0.3 is 5.97 Å². The van der Waals surface area contributed by atoms with Gasteiger partial charge in [0.05, 0.1) is 7.11 Å². The SMILES string of the molecule is COC(=O)C(NC(=O)C1CCNC(C)C1)C(C)C. The Balaban J connectivity index is 2.58. The predicted molar refractivity (Wildman–Crippen MR) is 69.0 cm³/mol. The molecule has 1 rings (SSSR count). The Kier molecular flexibility index (Phi) is 5.59. The highest BCUT2D eigenvalue weighted by atomic mass is 16.5. The lowest BCUT2D eigenvalue weighted by Gasteiger charge is -2.29. The van der Waals surface area contributed by atoms with Gasteiger partial charge in [-0.15, -0.1) is 0 Å². The number of carbonyl (C=O) groups excluding carboxylic acids is 2. The van der Waals surface area contributed by atoms with Crippen LogP contribution in [0.5, 0.6) is 0 Å². The van der Waals surface area contributed by atoms with E-state index in [9.17, 15) is 9.59 Å². The smallest absolute Gasteiger partial charge is 0.328 e. The Labute approximate surface area is 109 Å². The average Bonchev–Trinajstić information content (AvgIpc) is 2.34. The summed E-state index contributed by atoms with van der Waals surface area (Å²) in [5.74, 6) is -0.388. The largest absolute Gasteiger partial charge is 0.467 e. The molecule has 5 heteroatoms. The molecule has 2 N–H and O–H groups in total. The van der Waals surface area contributed by atoms with E-state index in [0.717, 1.165) is 19.4 Å². The van der Waals surface area contributed by atoms with Crippen molar-refractivity contribution in [3.63, 3.8) is 0 Å². The Morgan fingerprint density at radius 1 is 1.39 bits per heavy atom. The van der Waals surface area contributed by atoms with Crippen LogP contribution in [0.1, 0.15) is 33.6 Å². The van der Waals surface area contributed by atoms with Gasteiger partial charge in [0.15, 0.2) is 0 Å². The third kappa shape index (κ3) is 3.98. The maximum atomic E-state index is 12.1. The fourth-order valence-corrected chi connectivity index (χ4v) is 2.27. The van der Waals surface area contributed by atoms with Crippen LogP contribution in [0.4, 0.5) is 0 Å². The Bertz CT molecular complexity index is 305. The molecule has 1 aliphatic heterocycles. The van der Waals surface area contributed by atoms with Gasteiger partial charge < -0.3 is 15.4 Å². The number of hydrogen-bond donors (Lipinski definition) is 2. The van der Waals surface area contributed by atoms with Gasteiger partial charge in [0.25, 0.3) is 0 Å². The third-order valence-electron chi connectivity index (χ3n) is 3.41. The Morgan fingerprint density at radius 2 is 2.06 bits per heavy atom. The fraction of sp³-hybridized carbons (Fsp3) is 0.846. The molecule has 3 unspecified atom stereocenters. The molecule has 1 fully saturated rings. The molecule has 0 aromatic rings. The number of hydrogen-bond acceptors (Lipinski definition) is 4. The van der Waals surface area contributed by atoms with E-state index >= 15 is 0 Å². The molecule has 0 aliphatic carbocycles. The molecule has 0 aromatic heterocycles. The lowest BCUT2D eigenvalue weighted by atomic mass is 9.91. The van der Waals surface area contributed by atoms with E-state index in [4.69, 9.17) is 4.74 Å². The van der Waals surface area contributed by atoms with E-state index in [1.54, 1.807) is 0 Å². The second-order valence-electron chi connectivity index (χ2n) is 5.33. The molecule has 5 nitrogen and oxygen atoms in total. The number of carbonyl (C=O) groups is 2. The highest BCUT2D eigenvalue weighted by molar-refractivity contribution is 5.86. The molecule has 1 heterocycles. The zero-order chi connectivity index (χ0) is 13.7. The fourth-order valence-electron chi connectivity index (χ4n) is 2.27. The summed E-state index contributed by atoms with van der Waals surface area (Å²) in [6.45, 7) is 6.71. The maximum Gasteiger partial charge on any atom is 0.328 e. The number of methoxy groups -OCH3 is 1. The highest BCUT2D eigenvalue weighted by Crippen LogP contribution is 2.17. The van der Waals surface area contributed by atoms with Crippen LogP contribution in [0.25, 0.3) is 0 Å². The quantitative estimate of drug-likeness (QED) is 0.726. The minimum absolute atomic E-state index is 0.00726. The van der Waals surface area contributed by atoms with Gasteiger partial charge in [0, 0.05) is 12.0 Å². The number of amides is 1. The molecule has 0 spiro atoms. The summed E-state index contributed by atoms with van der Waals surface area (Å²) in [6.07, 6.45) is 1.64. The monoisotopic (exact) mass is 256 g/mol. The summed E-state index contributed by atoms with van der Waals surface area (Å²) in [5, 5.41) is 6.12. The molecule has 3 atom stereocenters. The topological polar surface area (TPSA) is 67.4 Å². The first-order chi connectivity index (χ1) is 8.45. The number of rotatable bonds is 4. The van der Waals surface area contributed by atoms with Crippen LogP contribution >= 0.6 is 0 Å². The van der Waals surface area contributed by atoms with Gasteiger partial charge in [-0.2, -0.15) is 0 Å². The maximum absolute atomic E-state index is 12.1. The van der Waals surface area contributed by atoms with Gasteiger partial charge in [-0.3, -0.25) is 4.79 Å². The van der Waals surface area contributed by atoms with Crippen molar-refractivity contribution in [3.05, 3.63) is 0 Å². The van der Waals surface area contributed by atoms with Crippen molar-refractivity contribution in [1.29, 1.82) is 0 Å². The van der Waals surface area contributed by atoms with E-state index in [1.807, 2.05) is 13.8 Å². The Hall–Kier alpha value is -1.10. The molecule has 0 radical (unpaired) electrons. The van der Waals surface area contributed by atoms with E-state index < -0.39 is 6.04 Å². The first-order valence-corrected chi connectivity index (χ1v) is 6.57. The zero-order valence-corrected chi connectivity index (χ0v) is 11.7. The minimum Gasteiger partial charge on any atom is -0.467 e. The van der Waals surface area contributed by atoms with Crippen molar-refractivity contribution < 1.29 is 14.3 Å². The predicted octanol–water partition coefficient (Wildman–Crippen LogP) is 0.688. The number of esters is 1. The summed E-state index contributed by atoms with van der Waals surface area (Å²) < 4.78 is 4.72. The van der Waals surface area contributed by atoms with Crippen LogP contribution in [0, 0.1) is 11.8 Å². The molecule has 104 valence electrons. The molecule has 1 aliphatic rings. The molecule has 18 heavy (non-hydrogen) atoms. The molecular weight excluding hydrogens is 232 g/mol. The van der Waals surface area contributed by atoms with E-state index in [1.165, 1.54) is 7.11 Å². The molecular formula is C13H24N2O3. The standard InChI is InChI=1S/C13H24N2O3/c1-8(2)11(13(17)18-4)15-12(16)10-5-6-14-9(3)7-10/h8-11,14H,5-7H2,1-4H3,(H,15,16). The minimum atomic E-state index is -0.548. The third-order valence-corrected chi connectivity index (χ3v) is 3.41. The zero-order valence-electron chi connectivity index (χ0n) is 11.7. The van der Waals surface area contributed by atoms with Crippen molar-refractivity contribution in [3.8, 4) is 0 Å². The average molecular weight is 256 g/mol. The van der Waals surface area contributed by atoms with Crippen LogP contribution in [-0.4, -0.2) is 37.6 Å². The lowest BCUT2D eigenvalue weighted by Crippen LogP contribution is -2.49. The first kappa shape index (κ1) is 15.0. The first-order valence-electron chi connectivity index (χ1n) is 6.57. The van der Waals surface area contributed by atoms with Gasteiger partial charge in [-0.25, -0.2) is 4.79 Å². The van der Waals surface area contributed by atoms with Crippen LogP contribution in [0.2, 0.25) is 0 Å². The number of nitrogens with one attached hydrogen (secondary N) is 2. The second-order valence-corrected chi connectivity index (χ2v) is 5.33. The van der Waals surface area contributed by atoms with E-state index in [2.05, 4.69) is 17.6 Å².